The maximum Gasteiger partial charge on any atom is 0.272 e. The zero-order valence-electron chi connectivity index (χ0n) is 10.1. The van der Waals surface area contributed by atoms with Crippen LogP contribution in [0.3, 0.4) is 0 Å². The summed E-state index contributed by atoms with van der Waals surface area (Å²) in [6, 6.07) is 5.09. The molecule has 0 amide bonds. The number of thiazole rings is 1. The van der Waals surface area contributed by atoms with Crippen LogP contribution in [0.5, 0.6) is 0 Å². The van der Waals surface area contributed by atoms with E-state index in [1.807, 2.05) is 12.3 Å². The third-order valence-corrected chi connectivity index (χ3v) is 3.28. The van der Waals surface area contributed by atoms with Crippen LogP contribution in [0.2, 0.25) is 0 Å². The predicted octanol–water partition coefficient (Wildman–Crippen LogP) is 3.53. The van der Waals surface area contributed by atoms with Crippen molar-refractivity contribution < 1.29 is 4.92 Å². The SMILES string of the molecule is Cc1cc(NC(C)c2cscn2)ccc1[N+](=O)[O-]. The highest BCUT2D eigenvalue weighted by Crippen LogP contribution is 2.24. The first-order chi connectivity index (χ1) is 8.58. The molecular formula is C12H13N3O2S. The number of aryl methyl sites for hydroxylation is 1. The number of hydrogen-bond acceptors (Lipinski definition) is 5. The number of nitro benzene ring substituents is 1. The first-order valence-corrected chi connectivity index (χ1v) is 6.42. The lowest BCUT2D eigenvalue weighted by Crippen LogP contribution is -2.07. The molecular weight excluding hydrogens is 250 g/mol. The van der Waals surface area contributed by atoms with Crippen LogP contribution < -0.4 is 5.32 Å². The smallest absolute Gasteiger partial charge is 0.272 e. The fourth-order valence-corrected chi connectivity index (χ4v) is 2.36. The van der Waals surface area contributed by atoms with Crippen LogP contribution in [-0.2, 0) is 0 Å². The molecule has 18 heavy (non-hydrogen) atoms. The van der Waals surface area contributed by atoms with Gasteiger partial charge in [-0.05, 0) is 26.0 Å². The summed E-state index contributed by atoms with van der Waals surface area (Å²) in [7, 11) is 0. The molecule has 0 aliphatic carbocycles. The number of anilines is 1. The highest BCUT2D eigenvalue weighted by Gasteiger charge is 2.12. The molecule has 0 spiro atoms. The van der Waals surface area contributed by atoms with Gasteiger partial charge in [-0.25, -0.2) is 4.98 Å². The summed E-state index contributed by atoms with van der Waals surface area (Å²) in [5.41, 5.74) is 4.40. The average Bonchev–Trinajstić information content (AvgIpc) is 2.81. The van der Waals surface area contributed by atoms with Gasteiger partial charge in [0.1, 0.15) is 0 Å². The quantitative estimate of drug-likeness (QED) is 0.676. The summed E-state index contributed by atoms with van der Waals surface area (Å²) in [6.45, 7) is 3.74. The van der Waals surface area contributed by atoms with Gasteiger partial charge >= 0.3 is 0 Å². The molecule has 0 saturated carbocycles. The van der Waals surface area contributed by atoms with Gasteiger partial charge in [0.2, 0.25) is 0 Å². The van der Waals surface area contributed by atoms with Gasteiger partial charge in [0.05, 0.1) is 22.2 Å². The third-order valence-electron chi connectivity index (χ3n) is 2.67. The molecule has 2 rings (SSSR count). The number of aromatic nitrogens is 1. The molecule has 5 nitrogen and oxygen atoms in total. The molecule has 0 saturated heterocycles. The first kappa shape index (κ1) is 12.5. The zero-order valence-corrected chi connectivity index (χ0v) is 10.9. The second kappa shape index (κ2) is 5.14. The van der Waals surface area contributed by atoms with Gasteiger partial charge < -0.3 is 5.32 Å². The van der Waals surface area contributed by atoms with E-state index in [4.69, 9.17) is 0 Å². The Kier molecular flexibility index (Phi) is 3.57. The van der Waals surface area contributed by atoms with E-state index in [-0.39, 0.29) is 16.7 Å². The van der Waals surface area contributed by atoms with E-state index >= 15 is 0 Å². The van der Waals surface area contributed by atoms with Crippen molar-refractivity contribution in [2.24, 2.45) is 0 Å². The van der Waals surface area contributed by atoms with Crippen molar-refractivity contribution in [3.63, 3.8) is 0 Å². The lowest BCUT2D eigenvalue weighted by atomic mass is 10.1. The van der Waals surface area contributed by atoms with Crippen molar-refractivity contribution in [3.8, 4) is 0 Å². The van der Waals surface area contributed by atoms with Crippen molar-refractivity contribution in [1.82, 2.24) is 4.98 Å². The summed E-state index contributed by atoms with van der Waals surface area (Å²) in [6.07, 6.45) is 0. The monoisotopic (exact) mass is 263 g/mol. The molecule has 94 valence electrons. The third kappa shape index (κ3) is 2.65. The highest BCUT2D eigenvalue weighted by molar-refractivity contribution is 7.07. The highest BCUT2D eigenvalue weighted by atomic mass is 32.1. The fourth-order valence-electron chi connectivity index (χ4n) is 1.71. The Labute approximate surface area is 109 Å². The Morgan fingerprint density at radius 1 is 1.50 bits per heavy atom. The van der Waals surface area contributed by atoms with Crippen molar-refractivity contribution in [3.05, 3.63) is 50.5 Å². The van der Waals surface area contributed by atoms with Crippen LogP contribution in [0, 0.1) is 17.0 Å². The van der Waals surface area contributed by atoms with E-state index in [1.165, 1.54) is 6.07 Å². The van der Waals surface area contributed by atoms with E-state index in [0.717, 1.165) is 11.4 Å². The second-order valence-electron chi connectivity index (χ2n) is 4.04. The molecule has 1 aromatic heterocycles. The van der Waals surface area contributed by atoms with Gasteiger partial charge in [0, 0.05) is 22.7 Å². The molecule has 0 aliphatic rings. The molecule has 0 fully saturated rings. The molecule has 0 aliphatic heterocycles. The Hall–Kier alpha value is -1.95. The van der Waals surface area contributed by atoms with E-state index in [0.29, 0.717) is 5.56 Å². The summed E-state index contributed by atoms with van der Waals surface area (Å²) in [5.74, 6) is 0. The minimum atomic E-state index is -0.372. The van der Waals surface area contributed by atoms with Crippen LogP contribution in [0.15, 0.2) is 29.1 Å². The van der Waals surface area contributed by atoms with Crippen LogP contribution in [-0.4, -0.2) is 9.91 Å². The van der Waals surface area contributed by atoms with E-state index in [2.05, 4.69) is 10.3 Å². The molecule has 1 aromatic carbocycles. The number of nitrogens with zero attached hydrogens (tertiary/aromatic N) is 2. The molecule has 6 heteroatoms. The van der Waals surface area contributed by atoms with Gasteiger partial charge in [-0.1, -0.05) is 0 Å². The van der Waals surface area contributed by atoms with Gasteiger partial charge in [-0.15, -0.1) is 11.3 Å². The summed E-state index contributed by atoms with van der Waals surface area (Å²) < 4.78 is 0. The fraction of sp³-hybridized carbons (Fsp3) is 0.250. The topological polar surface area (TPSA) is 68.1 Å². The number of nitrogens with one attached hydrogen (secondary N) is 1. The van der Waals surface area contributed by atoms with Crippen molar-refractivity contribution in [2.75, 3.05) is 5.32 Å². The lowest BCUT2D eigenvalue weighted by molar-refractivity contribution is -0.385. The number of rotatable bonds is 4. The van der Waals surface area contributed by atoms with Crippen molar-refractivity contribution >= 4 is 22.7 Å². The first-order valence-electron chi connectivity index (χ1n) is 5.47. The summed E-state index contributed by atoms with van der Waals surface area (Å²) >= 11 is 1.55. The van der Waals surface area contributed by atoms with Crippen LogP contribution >= 0.6 is 11.3 Å². The predicted molar refractivity (Wildman–Crippen MR) is 72.0 cm³/mol. The minimum absolute atomic E-state index is 0.0807. The van der Waals surface area contributed by atoms with Gasteiger partial charge in [-0.2, -0.15) is 0 Å². The molecule has 0 bridgehead atoms. The molecule has 0 radical (unpaired) electrons. The van der Waals surface area contributed by atoms with E-state index < -0.39 is 0 Å². The van der Waals surface area contributed by atoms with E-state index in [9.17, 15) is 10.1 Å². The maximum absolute atomic E-state index is 10.7. The van der Waals surface area contributed by atoms with Gasteiger partial charge in [0.15, 0.2) is 0 Å². The second-order valence-corrected chi connectivity index (χ2v) is 4.76. The Morgan fingerprint density at radius 3 is 2.83 bits per heavy atom. The summed E-state index contributed by atoms with van der Waals surface area (Å²) in [5, 5.41) is 16.0. The number of hydrogen-bond donors (Lipinski definition) is 1. The normalized spacial score (nSPS) is 12.1. The number of nitro groups is 1. The van der Waals surface area contributed by atoms with Crippen molar-refractivity contribution in [2.45, 2.75) is 19.9 Å². The van der Waals surface area contributed by atoms with Crippen molar-refractivity contribution in [1.29, 1.82) is 0 Å². The van der Waals surface area contributed by atoms with Gasteiger partial charge in [-0.3, -0.25) is 10.1 Å². The van der Waals surface area contributed by atoms with Crippen LogP contribution in [0.25, 0.3) is 0 Å². The van der Waals surface area contributed by atoms with Crippen LogP contribution in [0.1, 0.15) is 24.2 Å². The lowest BCUT2D eigenvalue weighted by Gasteiger charge is -2.13. The zero-order chi connectivity index (χ0) is 13.1. The molecule has 1 unspecified atom stereocenters. The molecule has 1 atom stereocenters. The summed E-state index contributed by atoms with van der Waals surface area (Å²) in [4.78, 5) is 14.6. The number of benzene rings is 1. The minimum Gasteiger partial charge on any atom is -0.377 e. The standard InChI is InChI=1S/C12H13N3O2S/c1-8-5-10(3-4-12(8)15(16)17)14-9(2)11-6-18-7-13-11/h3-7,9,14H,1-2H3. The molecule has 1 N–H and O–H groups in total. The Balaban J connectivity index is 2.15. The molecule has 1 heterocycles. The Morgan fingerprint density at radius 2 is 2.28 bits per heavy atom. The largest absolute Gasteiger partial charge is 0.377 e. The Bertz CT molecular complexity index is 554. The van der Waals surface area contributed by atoms with Crippen LogP contribution in [0.4, 0.5) is 11.4 Å². The molecule has 2 aromatic rings. The van der Waals surface area contributed by atoms with Gasteiger partial charge in [0.25, 0.3) is 5.69 Å². The maximum atomic E-state index is 10.7. The van der Waals surface area contributed by atoms with E-state index in [1.54, 1.807) is 35.9 Å². The average molecular weight is 263 g/mol.